The average Bonchev–Trinajstić information content (AvgIpc) is 3.48. The second-order valence-corrected chi connectivity index (χ2v) is 8.43. The number of amides is 1. The maximum absolute atomic E-state index is 12.8. The lowest BCUT2D eigenvalue weighted by atomic mass is 9.88. The summed E-state index contributed by atoms with van der Waals surface area (Å²) >= 11 is 0. The van der Waals surface area contributed by atoms with Crippen molar-refractivity contribution in [3.8, 4) is 11.3 Å². The van der Waals surface area contributed by atoms with Crippen LogP contribution in [0.25, 0.3) is 11.3 Å². The maximum atomic E-state index is 12.8. The molecule has 0 spiro atoms. The smallest absolute Gasteiger partial charge is 0.225 e. The number of nitrogens with zero attached hydrogens (tertiary/aromatic N) is 3. The van der Waals surface area contributed by atoms with Crippen molar-refractivity contribution in [1.29, 1.82) is 0 Å². The standard InChI is InChI=1S/C24H33N5O2/c1-2-25-24(27-16-22-26-15-21(31-22)18-9-5-3-6-10-18)28-20-13-14-29(17-20)23(30)19-11-7-4-8-12-19/h3,5-6,9-10,15,19-20H,2,4,7-8,11-14,16-17H2,1H3,(H2,25,27,28). The fourth-order valence-electron chi connectivity index (χ4n) is 4.47. The van der Waals surface area contributed by atoms with Gasteiger partial charge in [-0.25, -0.2) is 9.98 Å². The molecule has 1 amide bonds. The molecule has 31 heavy (non-hydrogen) atoms. The van der Waals surface area contributed by atoms with Crippen molar-refractivity contribution in [3.05, 3.63) is 42.4 Å². The Kier molecular flexibility index (Phi) is 7.22. The average molecular weight is 424 g/mol. The molecular formula is C24H33N5O2. The maximum Gasteiger partial charge on any atom is 0.225 e. The van der Waals surface area contributed by atoms with Crippen LogP contribution in [0.5, 0.6) is 0 Å². The number of hydrogen-bond donors (Lipinski definition) is 2. The molecule has 1 atom stereocenters. The summed E-state index contributed by atoms with van der Waals surface area (Å²) in [5.74, 6) is 2.64. The van der Waals surface area contributed by atoms with Crippen molar-refractivity contribution in [2.45, 2.75) is 58.0 Å². The van der Waals surface area contributed by atoms with Gasteiger partial charge in [0, 0.05) is 37.2 Å². The van der Waals surface area contributed by atoms with Crippen LogP contribution in [-0.4, -0.2) is 47.4 Å². The number of hydrogen-bond acceptors (Lipinski definition) is 4. The van der Waals surface area contributed by atoms with Crippen molar-refractivity contribution in [1.82, 2.24) is 20.5 Å². The molecule has 1 aliphatic carbocycles. The molecule has 2 aromatic rings. The summed E-state index contributed by atoms with van der Waals surface area (Å²) in [6, 6.07) is 10.2. The molecule has 2 aliphatic rings. The molecule has 7 heteroatoms. The van der Waals surface area contributed by atoms with Crippen molar-refractivity contribution >= 4 is 11.9 Å². The number of oxazole rings is 1. The molecule has 4 rings (SSSR count). The Morgan fingerprint density at radius 2 is 2.00 bits per heavy atom. The molecule has 2 heterocycles. The Morgan fingerprint density at radius 1 is 1.19 bits per heavy atom. The van der Waals surface area contributed by atoms with Crippen LogP contribution >= 0.6 is 0 Å². The lowest BCUT2D eigenvalue weighted by Crippen LogP contribution is -2.45. The van der Waals surface area contributed by atoms with Crippen LogP contribution in [0, 0.1) is 5.92 Å². The molecule has 1 aromatic heterocycles. The first-order chi connectivity index (χ1) is 15.2. The fraction of sp³-hybridized carbons (Fsp3) is 0.542. The minimum Gasteiger partial charge on any atom is -0.439 e. The Labute approximate surface area is 184 Å². The van der Waals surface area contributed by atoms with Gasteiger partial charge in [-0.1, -0.05) is 49.6 Å². The highest BCUT2D eigenvalue weighted by Crippen LogP contribution is 2.27. The normalized spacial score (nSPS) is 20.1. The highest BCUT2D eigenvalue weighted by molar-refractivity contribution is 5.81. The molecule has 166 valence electrons. The van der Waals surface area contributed by atoms with Crippen LogP contribution in [0.3, 0.4) is 0 Å². The van der Waals surface area contributed by atoms with Crippen molar-refractivity contribution in [3.63, 3.8) is 0 Å². The number of aromatic nitrogens is 1. The van der Waals surface area contributed by atoms with Crippen LogP contribution in [0.2, 0.25) is 0 Å². The summed E-state index contributed by atoms with van der Waals surface area (Å²) in [5, 5.41) is 6.78. The lowest BCUT2D eigenvalue weighted by molar-refractivity contribution is -0.135. The van der Waals surface area contributed by atoms with Gasteiger partial charge in [0.2, 0.25) is 11.8 Å². The van der Waals surface area contributed by atoms with E-state index in [1.54, 1.807) is 6.20 Å². The van der Waals surface area contributed by atoms with E-state index in [4.69, 9.17) is 4.42 Å². The third-order valence-electron chi connectivity index (χ3n) is 6.12. The Bertz CT molecular complexity index is 873. The van der Waals surface area contributed by atoms with E-state index in [9.17, 15) is 4.79 Å². The SMILES string of the molecule is CCNC(=NCc1ncc(-c2ccccc2)o1)NC1CCN(C(=O)C2CCCCC2)C1. The third-order valence-corrected chi connectivity index (χ3v) is 6.12. The van der Waals surface area contributed by atoms with Gasteiger partial charge in [-0.2, -0.15) is 0 Å². The minimum atomic E-state index is 0.217. The number of likely N-dealkylation sites (tertiary alicyclic amines) is 1. The van der Waals surface area contributed by atoms with Gasteiger partial charge < -0.3 is 20.0 Å². The van der Waals surface area contributed by atoms with E-state index in [0.29, 0.717) is 18.3 Å². The van der Waals surface area contributed by atoms with Crippen LogP contribution in [0.1, 0.15) is 51.3 Å². The summed E-state index contributed by atoms with van der Waals surface area (Å²) < 4.78 is 5.86. The molecule has 2 fully saturated rings. The van der Waals surface area contributed by atoms with Gasteiger partial charge in [0.25, 0.3) is 0 Å². The number of guanidine groups is 1. The zero-order valence-electron chi connectivity index (χ0n) is 18.3. The second-order valence-electron chi connectivity index (χ2n) is 8.43. The molecule has 2 N–H and O–H groups in total. The van der Waals surface area contributed by atoms with Gasteiger partial charge in [-0.15, -0.1) is 0 Å². The fourth-order valence-corrected chi connectivity index (χ4v) is 4.47. The molecule has 0 radical (unpaired) electrons. The monoisotopic (exact) mass is 423 g/mol. The van der Waals surface area contributed by atoms with E-state index in [0.717, 1.165) is 56.2 Å². The topological polar surface area (TPSA) is 82.8 Å². The molecule has 1 saturated heterocycles. The lowest BCUT2D eigenvalue weighted by Gasteiger charge is -2.26. The van der Waals surface area contributed by atoms with E-state index >= 15 is 0 Å². The van der Waals surface area contributed by atoms with E-state index in [1.807, 2.05) is 42.2 Å². The molecular weight excluding hydrogens is 390 g/mol. The van der Waals surface area contributed by atoms with Gasteiger partial charge in [-0.05, 0) is 26.2 Å². The summed E-state index contributed by atoms with van der Waals surface area (Å²) in [6.07, 6.45) is 8.45. The van der Waals surface area contributed by atoms with Gasteiger partial charge in [0.15, 0.2) is 11.7 Å². The number of carbonyl (C=O) groups excluding carboxylic acids is 1. The highest BCUT2D eigenvalue weighted by atomic mass is 16.4. The summed E-state index contributed by atoms with van der Waals surface area (Å²) in [4.78, 5) is 23.9. The molecule has 7 nitrogen and oxygen atoms in total. The van der Waals surface area contributed by atoms with Crippen molar-refractivity contribution < 1.29 is 9.21 Å². The number of benzene rings is 1. The second kappa shape index (κ2) is 10.5. The molecule has 1 aromatic carbocycles. The first kappa shape index (κ1) is 21.4. The Morgan fingerprint density at radius 3 is 2.77 bits per heavy atom. The van der Waals surface area contributed by atoms with Gasteiger partial charge >= 0.3 is 0 Å². The quantitative estimate of drug-likeness (QED) is 0.548. The van der Waals surface area contributed by atoms with Crippen LogP contribution in [-0.2, 0) is 11.3 Å². The van der Waals surface area contributed by atoms with E-state index < -0.39 is 0 Å². The Balaban J connectivity index is 1.32. The number of rotatable bonds is 6. The number of carbonyl (C=O) groups is 1. The van der Waals surface area contributed by atoms with Crippen molar-refractivity contribution in [2.24, 2.45) is 10.9 Å². The van der Waals surface area contributed by atoms with Gasteiger partial charge in [0.1, 0.15) is 6.54 Å². The van der Waals surface area contributed by atoms with Gasteiger partial charge in [-0.3, -0.25) is 4.79 Å². The van der Waals surface area contributed by atoms with Crippen molar-refractivity contribution in [2.75, 3.05) is 19.6 Å². The zero-order valence-corrected chi connectivity index (χ0v) is 18.3. The van der Waals surface area contributed by atoms with Crippen LogP contribution in [0.4, 0.5) is 0 Å². The molecule has 1 aliphatic heterocycles. The molecule has 1 unspecified atom stereocenters. The number of nitrogens with one attached hydrogen (secondary N) is 2. The summed E-state index contributed by atoms with van der Waals surface area (Å²) in [6.45, 7) is 4.75. The number of aliphatic imine (C=N–C) groups is 1. The minimum absolute atomic E-state index is 0.217. The highest BCUT2D eigenvalue weighted by Gasteiger charge is 2.31. The molecule has 0 bridgehead atoms. The molecule has 1 saturated carbocycles. The van der Waals surface area contributed by atoms with E-state index in [-0.39, 0.29) is 12.0 Å². The van der Waals surface area contributed by atoms with E-state index in [1.165, 1.54) is 19.3 Å². The zero-order chi connectivity index (χ0) is 21.5. The summed E-state index contributed by atoms with van der Waals surface area (Å²) in [7, 11) is 0. The first-order valence-electron chi connectivity index (χ1n) is 11.6. The Hall–Kier alpha value is -2.83. The summed E-state index contributed by atoms with van der Waals surface area (Å²) in [5.41, 5.74) is 1.00. The third kappa shape index (κ3) is 5.66. The predicted octanol–water partition coefficient (Wildman–Crippen LogP) is 3.58. The van der Waals surface area contributed by atoms with Gasteiger partial charge in [0.05, 0.1) is 6.20 Å². The first-order valence-corrected chi connectivity index (χ1v) is 11.6. The predicted molar refractivity (Wildman–Crippen MR) is 121 cm³/mol. The van der Waals surface area contributed by atoms with E-state index in [2.05, 4.69) is 20.6 Å². The largest absolute Gasteiger partial charge is 0.439 e. The van der Waals surface area contributed by atoms with Crippen LogP contribution in [0.15, 0.2) is 45.9 Å². The van der Waals surface area contributed by atoms with Crippen LogP contribution < -0.4 is 10.6 Å².